The number of benzene rings is 1. The van der Waals surface area contributed by atoms with E-state index in [-0.39, 0.29) is 5.56 Å². The molecule has 2 rings (SSSR count). The highest BCUT2D eigenvalue weighted by molar-refractivity contribution is 8.13. The molecule has 3 N–H and O–H groups in total. The number of nitrogens with zero attached hydrogens (tertiary/aromatic N) is 2. The Morgan fingerprint density at radius 3 is 3.10 bits per heavy atom. The van der Waals surface area contributed by atoms with Crippen molar-refractivity contribution in [1.29, 1.82) is 0 Å². The summed E-state index contributed by atoms with van der Waals surface area (Å²) >= 11 is 7.26. The van der Waals surface area contributed by atoms with Gasteiger partial charge in [-0.25, -0.2) is 4.98 Å². The Morgan fingerprint density at radius 2 is 2.35 bits per heavy atom. The normalized spacial score (nSPS) is 12.0. The Labute approximate surface area is 125 Å². The van der Waals surface area contributed by atoms with Crippen LogP contribution in [0.4, 0.5) is 0 Å². The number of aliphatic imine (C=N–C) groups is 1. The molecule has 0 fully saturated rings. The third-order valence-corrected chi connectivity index (χ3v) is 3.64. The second kappa shape index (κ2) is 6.76. The van der Waals surface area contributed by atoms with Gasteiger partial charge in [-0.15, -0.1) is 0 Å². The van der Waals surface area contributed by atoms with E-state index >= 15 is 0 Å². The molecule has 0 radical (unpaired) electrons. The molecule has 0 amide bonds. The van der Waals surface area contributed by atoms with E-state index in [1.54, 1.807) is 18.2 Å². The van der Waals surface area contributed by atoms with Crippen LogP contribution in [0.15, 0.2) is 28.0 Å². The van der Waals surface area contributed by atoms with Gasteiger partial charge in [0.15, 0.2) is 5.17 Å². The number of nitrogens with two attached hydrogens (primary N) is 1. The molecule has 1 heterocycles. The third kappa shape index (κ3) is 3.74. The number of aromatic amines is 1. The van der Waals surface area contributed by atoms with Gasteiger partial charge in [0, 0.05) is 11.6 Å². The van der Waals surface area contributed by atoms with Crippen molar-refractivity contribution in [3.63, 3.8) is 0 Å². The first kappa shape index (κ1) is 14.9. The van der Waals surface area contributed by atoms with E-state index in [1.165, 1.54) is 11.8 Å². The molecule has 7 heteroatoms. The molecular weight excluding hydrogens is 296 g/mol. The quantitative estimate of drug-likeness (QED) is 0.671. The van der Waals surface area contributed by atoms with Crippen LogP contribution in [0.1, 0.15) is 19.2 Å². The molecular formula is C13H15ClN4OS. The molecule has 5 nitrogen and oxygen atoms in total. The van der Waals surface area contributed by atoms with Crippen LogP contribution in [0.25, 0.3) is 10.9 Å². The lowest BCUT2D eigenvalue weighted by Gasteiger charge is -2.03. The van der Waals surface area contributed by atoms with E-state index < -0.39 is 0 Å². The average molecular weight is 311 g/mol. The number of amidine groups is 1. The number of hydrogen-bond donors (Lipinski definition) is 2. The summed E-state index contributed by atoms with van der Waals surface area (Å²) in [6.07, 6.45) is 0.949. The van der Waals surface area contributed by atoms with Crippen molar-refractivity contribution in [3.05, 3.63) is 39.4 Å². The minimum Gasteiger partial charge on any atom is -0.379 e. The smallest absolute Gasteiger partial charge is 0.258 e. The molecule has 0 saturated heterocycles. The minimum atomic E-state index is -0.175. The highest BCUT2D eigenvalue weighted by Crippen LogP contribution is 2.16. The maximum atomic E-state index is 11.9. The summed E-state index contributed by atoms with van der Waals surface area (Å²) in [5.74, 6) is 1.03. The molecule has 106 valence electrons. The van der Waals surface area contributed by atoms with Crippen LogP contribution >= 0.6 is 23.4 Å². The largest absolute Gasteiger partial charge is 0.379 e. The van der Waals surface area contributed by atoms with Crippen LogP contribution in [-0.2, 0) is 5.75 Å². The SMILES string of the molecule is CCCN=C(N)SCc1nc2cc(Cl)ccc2c(=O)[nH]1. The Balaban J connectivity index is 2.21. The van der Waals surface area contributed by atoms with E-state index in [4.69, 9.17) is 17.3 Å². The topological polar surface area (TPSA) is 84.1 Å². The number of halogens is 1. The van der Waals surface area contributed by atoms with Crippen molar-refractivity contribution >= 4 is 39.4 Å². The Morgan fingerprint density at radius 1 is 1.55 bits per heavy atom. The molecule has 0 bridgehead atoms. The lowest BCUT2D eigenvalue weighted by molar-refractivity contribution is 0.933. The standard InChI is InChI=1S/C13H15ClN4OS/c1-2-5-16-13(15)20-7-11-17-10-6-8(14)3-4-9(10)12(19)18-11/h3-4,6H,2,5,7H2,1H3,(H2,15,16)(H,17,18,19). The van der Waals surface area contributed by atoms with Gasteiger partial charge in [0.05, 0.1) is 16.7 Å². The average Bonchev–Trinajstić information content (AvgIpc) is 2.42. The molecule has 0 spiro atoms. The number of nitrogens with one attached hydrogen (secondary N) is 1. The van der Waals surface area contributed by atoms with E-state index in [0.29, 0.717) is 39.2 Å². The van der Waals surface area contributed by atoms with Gasteiger partial charge >= 0.3 is 0 Å². The number of H-pyrrole nitrogens is 1. The molecule has 0 saturated carbocycles. The lowest BCUT2D eigenvalue weighted by Crippen LogP contribution is -2.13. The van der Waals surface area contributed by atoms with Crippen molar-refractivity contribution in [3.8, 4) is 0 Å². The summed E-state index contributed by atoms with van der Waals surface area (Å²) in [6, 6.07) is 5.01. The lowest BCUT2D eigenvalue weighted by atomic mass is 10.2. The van der Waals surface area contributed by atoms with Crippen molar-refractivity contribution in [2.45, 2.75) is 19.1 Å². The fourth-order valence-electron chi connectivity index (χ4n) is 1.64. The van der Waals surface area contributed by atoms with Gasteiger partial charge in [0.1, 0.15) is 5.82 Å². The highest BCUT2D eigenvalue weighted by Gasteiger charge is 2.05. The molecule has 0 aliphatic heterocycles. The van der Waals surface area contributed by atoms with Gasteiger partial charge in [-0.05, 0) is 24.6 Å². The van der Waals surface area contributed by atoms with Crippen LogP contribution in [0, 0.1) is 0 Å². The fraction of sp³-hybridized carbons (Fsp3) is 0.308. The number of thioether (sulfide) groups is 1. The summed E-state index contributed by atoms with van der Waals surface area (Å²) in [7, 11) is 0. The third-order valence-electron chi connectivity index (χ3n) is 2.57. The maximum Gasteiger partial charge on any atom is 0.258 e. The zero-order valence-corrected chi connectivity index (χ0v) is 12.6. The van der Waals surface area contributed by atoms with Crippen molar-refractivity contribution in [1.82, 2.24) is 9.97 Å². The number of hydrogen-bond acceptors (Lipinski definition) is 4. The van der Waals surface area contributed by atoms with Gasteiger partial charge < -0.3 is 10.7 Å². The Bertz CT molecular complexity index is 698. The van der Waals surface area contributed by atoms with E-state index in [0.717, 1.165) is 6.42 Å². The molecule has 1 aromatic carbocycles. The highest BCUT2D eigenvalue weighted by atomic mass is 35.5. The van der Waals surface area contributed by atoms with Gasteiger partial charge in [0.25, 0.3) is 5.56 Å². The molecule has 1 aromatic heterocycles. The minimum absolute atomic E-state index is 0.175. The molecule has 20 heavy (non-hydrogen) atoms. The zero-order chi connectivity index (χ0) is 14.5. The second-order valence-corrected chi connectivity index (χ2v) is 5.61. The summed E-state index contributed by atoms with van der Waals surface area (Å²) in [5.41, 5.74) is 6.16. The van der Waals surface area contributed by atoms with Crippen LogP contribution in [0.3, 0.4) is 0 Å². The predicted octanol–water partition coefficient (Wildman–Crippen LogP) is 2.53. The number of aromatic nitrogens is 2. The number of rotatable bonds is 4. The van der Waals surface area contributed by atoms with Gasteiger partial charge in [-0.1, -0.05) is 30.3 Å². The van der Waals surface area contributed by atoms with Crippen molar-refractivity contribution in [2.24, 2.45) is 10.7 Å². The Hall–Kier alpha value is -1.53. The maximum absolute atomic E-state index is 11.9. The zero-order valence-electron chi connectivity index (χ0n) is 11.0. The number of fused-ring (bicyclic) bond motifs is 1. The van der Waals surface area contributed by atoms with Gasteiger partial charge in [0.2, 0.25) is 0 Å². The molecule has 0 aliphatic carbocycles. The predicted molar refractivity (Wildman–Crippen MR) is 85.4 cm³/mol. The van der Waals surface area contributed by atoms with Crippen molar-refractivity contribution < 1.29 is 0 Å². The molecule has 0 unspecified atom stereocenters. The van der Waals surface area contributed by atoms with Gasteiger partial charge in [-0.3, -0.25) is 9.79 Å². The van der Waals surface area contributed by atoms with E-state index in [1.807, 2.05) is 6.92 Å². The summed E-state index contributed by atoms with van der Waals surface area (Å²) in [4.78, 5) is 23.2. The summed E-state index contributed by atoms with van der Waals surface area (Å²) < 4.78 is 0. The van der Waals surface area contributed by atoms with E-state index in [2.05, 4.69) is 15.0 Å². The van der Waals surface area contributed by atoms with E-state index in [9.17, 15) is 4.79 Å². The molecule has 2 aromatic rings. The van der Waals surface area contributed by atoms with Crippen LogP contribution in [0.5, 0.6) is 0 Å². The second-order valence-electron chi connectivity index (χ2n) is 4.18. The van der Waals surface area contributed by atoms with Gasteiger partial charge in [-0.2, -0.15) is 0 Å². The van der Waals surface area contributed by atoms with Crippen LogP contribution < -0.4 is 11.3 Å². The van der Waals surface area contributed by atoms with Crippen LogP contribution in [-0.4, -0.2) is 21.7 Å². The first-order valence-electron chi connectivity index (χ1n) is 6.21. The van der Waals surface area contributed by atoms with Crippen molar-refractivity contribution in [2.75, 3.05) is 6.54 Å². The first-order valence-corrected chi connectivity index (χ1v) is 7.57. The molecule has 0 atom stereocenters. The Kier molecular flexibility index (Phi) is 5.03. The summed E-state index contributed by atoms with van der Waals surface area (Å²) in [5, 5.41) is 1.58. The first-order chi connectivity index (χ1) is 9.60. The van der Waals surface area contributed by atoms with Crippen LogP contribution in [0.2, 0.25) is 5.02 Å². The molecule has 0 aliphatic rings. The summed E-state index contributed by atoms with van der Waals surface area (Å²) in [6.45, 7) is 2.74. The monoisotopic (exact) mass is 310 g/mol. The fourth-order valence-corrected chi connectivity index (χ4v) is 2.41.